The first-order valence-corrected chi connectivity index (χ1v) is 5.85. The summed E-state index contributed by atoms with van der Waals surface area (Å²) in [6.07, 6.45) is 0. The number of benzene rings is 2. The Kier molecular flexibility index (Phi) is 2.72. The number of hydrogen-bond acceptors (Lipinski definition) is 5. The molecule has 1 heterocycles. The van der Waals surface area contributed by atoms with E-state index >= 15 is 0 Å². The lowest BCUT2D eigenvalue weighted by molar-refractivity contribution is 0.101. The van der Waals surface area contributed by atoms with Crippen LogP contribution in [0.1, 0.15) is 10.6 Å². The topological polar surface area (TPSA) is 117 Å². The van der Waals surface area contributed by atoms with Gasteiger partial charge in [-0.05, 0) is 12.1 Å². The van der Waals surface area contributed by atoms with Crippen molar-refractivity contribution in [2.24, 2.45) is 0 Å². The number of hydrogen-bond donors (Lipinski definition) is 4. The number of aromatic nitrogens is 3. The van der Waals surface area contributed by atoms with E-state index < -0.39 is 5.91 Å². The maximum Gasteiger partial charge on any atom is 0.293 e. The Hall–Kier alpha value is -3.09. The second-order valence-electron chi connectivity index (χ2n) is 4.17. The van der Waals surface area contributed by atoms with Crippen LogP contribution in [-0.4, -0.2) is 26.2 Å². The van der Waals surface area contributed by atoms with E-state index in [1.807, 2.05) is 0 Å². The largest absolute Gasteiger partial charge is 0.507 e. The molecule has 0 radical (unpaired) electrons. The molecule has 3 rings (SSSR count). The zero-order valence-electron chi connectivity index (χ0n) is 10.3. The number of H-pyrrole nitrogens is 1. The Bertz CT molecular complexity index is 796. The van der Waals surface area contributed by atoms with Crippen molar-refractivity contribution in [1.82, 2.24) is 15.2 Å². The second kappa shape index (κ2) is 4.54. The van der Waals surface area contributed by atoms with E-state index in [0.29, 0.717) is 11.1 Å². The van der Waals surface area contributed by atoms with E-state index in [1.54, 1.807) is 36.4 Å². The Morgan fingerprint density at radius 2 is 1.95 bits per heavy atom. The first-order chi connectivity index (χ1) is 9.65. The van der Waals surface area contributed by atoms with Crippen molar-refractivity contribution in [3.05, 3.63) is 42.2 Å². The van der Waals surface area contributed by atoms with Crippen LogP contribution in [0.2, 0.25) is 0 Å². The summed E-state index contributed by atoms with van der Waals surface area (Å²) >= 11 is 0. The minimum absolute atomic E-state index is 0.00529. The molecule has 0 saturated heterocycles. The Balaban J connectivity index is 1.99. The summed E-state index contributed by atoms with van der Waals surface area (Å²) in [5.41, 5.74) is 5.92. The van der Waals surface area contributed by atoms with Gasteiger partial charge in [0.2, 0.25) is 11.8 Å². The first-order valence-electron chi connectivity index (χ1n) is 5.85. The summed E-state index contributed by atoms with van der Waals surface area (Å²) in [6, 6.07) is 10.4. The van der Waals surface area contributed by atoms with E-state index in [1.165, 1.54) is 0 Å². The number of rotatable bonds is 2. The second-order valence-corrected chi connectivity index (χ2v) is 4.17. The number of nitrogens with zero attached hydrogens (tertiary/aromatic N) is 2. The number of phenols is 1. The maximum absolute atomic E-state index is 12.0. The van der Waals surface area contributed by atoms with Crippen molar-refractivity contribution in [2.75, 3.05) is 11.1 Å². The molecule has 7 nitrogen and oxygen atoms in total. The molecule has 0 unspecified atom stereocenters. The summed E-state index contributed by atoms with van der Waals surface area (Å²) < 4.78 is 0. The van der Waals surface area contributed by atoms with Crippen LogP contribution in [0, 0.1) is 0 Å². The third kappa shape index (κ3) is 2.01. The van der Waals surface area contributed by atoms with Gasteiger partial charge < -0.3 is 16.2 Å². The molecule has 0 saturated carbocycles. The van der Waals surface area contributed by atoms with Gasteiger partial charge in [0, 0.05) is 16.5 Å². The summed E-state index contributed by atoms with van der Waals surface area (Å²) in [5.74, 6) is -0.266. The smallest absolute Gasteiger partial charge is 0.293 e. The molecule has 1 aromatic heterocycles. The summed E-state index contributed by atoms with van der Waals surface area (Å²) in [6.45, 7) is 0. The average molecular weight is 269 g/mol. The van der Waals surface area contributed by atoms with Gasteiger partial charge in [-0.3, -0.25) is 9.89 Å². The zero-order valence-corrected chi connectivity index (χ0v) is 10.3. The monoisotopic (exact) mass is 269 g/mol. The van der Waals surface area contributed by atoms with Crippen LogP contribution >= 0.6 is 0 Å². The van der Waals surface area contributed by atoms with E-state index in [9.17, 15) is 9.90 Å². The van der Waals surface area contributed by atoms with Gasteiger partial charge in [0.1, 0.15) is 5.75 Å². The number of nitrogens with one attached hydrogen (secondary N) is 2. The van der Waals surface area contributed by atoms with Gasteiger partial charge in [0.15, 0.2) is 0 Å². The molecule has 0 bridgehead atoms. The number of carbonyl (C=O) groups is 1. The number of phenolic OH excluding ortho intramolecular Hbond substituents is 1. The van der Waals surface area contributed by atoms with Crippen LogP contribution in [0.3, 0.4) is 0 Å². The third-order valence-electron chi connectivity index (χ3n) is 2.87. The lowest BCUT2D eigenvalue weighted by Gasteiger charge is -2.08. The highest BCUT2D eigenvalue weighted by atomic mass is 16.3. The standard InChI is InChI=1S/C13H11N5O2/c14-13-16-11(17-18-13)12(20)15-9-5-1-4-8-7(9)3-2-6-10(8)19/h1-6,19H,(H,15,20)(H3,14,16,17,18). The Labute approximate surface area is 113 Å². The molecule has 2 aromatic carbocycles. The quantitative estimate of drug-likeness (QED) is 0.562. The highest BCUT2D eigenvalue weighted by molar-refractivity contribution is 6.08. The van der Waals surface area contributed by atoms with Gasteiger partial charge in [-0.15, -0.1) is 5.10 Å². The molecule has 0 fully saturated rings. The number of carbonyl (C=O) groups excluding carboxylic acids is 1. The Morgan fingerprint density at radius 1 is 1.20 bits per heavy atom. The minimum Gasteiger partial charge on any atom is -0.507 e. The Morgan fingerprint density at radius 3 is 2.70 bits per heavy atom. The molecule has 1 amide bonds. The molecule has 0 atom stereocenters. The zero-order chi connectivity index (χ0) is 14.1. The summed E-state index contributed by atoms with van der Waals surface area (Å²) in [4.78, 5) is 15.7. The van der Waals surface area contributed by atoms with Crippen molar-refractivity contribution in [3.8, 4) is 5.75 Å². The molecule has 5 N–H and O–H groups in total. The van der Waals surface area contributed by atoms with E-state index in [0.717, 1.165) is 5.39 Å². The highest BCUT2D eigenvalue weighted by Crippen LogP contribution is 2.29. The molecule has 20 heavy (non-hydrogen) atoms. The number of nitrogens with two attached hydrogens (primary N) is 1. The normalized spacial score (nSPS) is 10.6. The lowest BCUT2D eigenvalue weighted by Crippen LogP contribution is -2.14. The van der Waals surface area contributed by atoms with Gasteiger partial charge in [-0.25, -0.2) is 0 Å². The van der Waals surface area contributed by atoms with Crippen LogP contribution in [0.4, 0.5) is 11.6 Å². The lowest BCUT2D eigenvalue weighted by atomic mass is 10.1. The molecule has 3 aromatic rings. The van der Waals surface area contributed by atoms with Gasteiger partial charge in [0.05, 0.1) is 0 Å². The molecule has 7 heteroatoms. The molecule has 100 valence electrons. The molecule has 0 spiro atoms. The number of anilines is 2. The van der Waals surface area contributed by atoms with Gasteiger partial charge in [-0.2, -0.15) is 4.98 Å². The number of aromatic hydroxyl groups is 1. The maximum atomic E-state index is 12.0. The predicted molar refractivity (Wildman–Crippen MR) is 74.4 cm³/mol. The van der Waals surface area contributed by atoms with Crippen LogP contribution in [0.15, 0.2) is 36.4 Å². The highest BCUT2D eigenvalue weighted by Gasteiger charge is 2.12. The van der Waals surface area contributed by atoms with E-state index in [4.69, 9.17) is 5.73 Å². The van der Waals surface area contributed by atoms with Gasteiger partial charge in [-0.1, -0.05) is 24.3 Å². The van der Waals surface area contributed by atoms with Crippen molar-refractivity contribution in [2.45, 2.75) is 0 Å². The van der Waals surface area contributed by atoms with E-state index in [2.05, 4.69) is 20.5 Å². The number of nitrogen functional groups attached to an aromatic ring is 1. The van der Waals surface area contributed by atoms with Crippen LogP contribution in [-0.2, 0) is 0 Å². The molecule has 0 aliphatic heterocycles. The van der Waals surface area contributed by atoms with Crippen LogP contribution in [0.25, 0.3) is 10.8 Å². The number of amides is 1. The van der Waals surface area contributed by atoms with Crippen LogP contribution in [0.5, 0.6) is 5.75 Å². The molecule has 0 aliphatic carbocycles. The predicted octanol–water partition coefficient (Wildman–Crippen LogP) is 1.50. The minimum atomic E-state index is -0.454. The molecule has 0 aliphatic rings. The van der Waals surface area contributed by atoms with Crippen molar-refractivity contribution >= 4 is 28.3 Å². The SMILES string of the molecule is Nc1n[nH]c(C(=O)Nc2cccc3c(O)cccc23)n1. The third-order valence-corrected chi connectivity index (χ3v) is 2.87. The van der Waals surface area contributed by atoms with E-state index in [-0.39, 0.29) is 17.5 Å². The fourth-order valence-corrected chi connectivity index (χ4v) is 1.96. The number of fused-ring (bicyclic) bond motifs is 1. The fraction of sp³-hybridized carbons (Fsp3) is 0. The van der Waals surface area contributed by atoms with Crippen molar-refractivity contribution in [1.29, 1.82) is 0 Å². The summed E-state index contributed by atoms with van der Waals surface area (Å²) in [7, 11) is 0. The summed E-state index contributed by atoms with van der Waals surface area (Å²) in [5, 5.41) is 19.9. The van der Waals surface area contributed by atoms with Crippen LogP contribution < -0.4 is 11.1 Å². The molecular weight excluding hydrogens is 258 g/mol. The van der Waals surface area contributed by atoms with Gasteiger partial charge >= 0.3 is 0 Å². The molecular formula is C13H11N5O2. The first kappa shape index (κ1) is 12.0. The average Bonchev–Trinajstić information content (AvgIpc) is 2.87. The fourth-order valence-electron chi connectivity index (χ4n) is 1.96. The van der Waals surface area contributed by atoms with Crippen molar-refractivity contribution < 1.29 is 9.90 Å². The van der Waals surface area contributed by atoms with Crippen molar-refractivity contribution in [3.63, 3.8) is 0 Å². The number of aromatic amines is 1. The van der Waals surface area contributed by atoms with Gasteiger partial charge in [0.25, 0.3) is 5.91 Å².